The minimum Gasteiger partial charge on any atom is -0.351 e. The number of ketones is 1. The number of benzene rings is 2. The SMILES string of the molecule is CC(NC(=O)C(NC(=O)c1ccccc1)C(C)(C)C)C(=O)NC(C(=O)C(=O)NCc1ccc(NC(N)=O)cc1)C(C)C. The number of carbonyl (C=O) groups excluding carboxylic acids is 6. The van der Waals surface area contributed by atoms with E-state index in [2.05, 4.69) is 26.6 Å². The number of rotatable bonds is 12. The lowest BCUT2D eigenvalue weighted by atomic mass is 9.85. The highest BCUT2D eigenvalue weighted by Gasteiger charge is 2.35. The van der Waals surface area contributed by atoms with Crippen LogP contribution in [0.2, 0.25) is 0 Å². The van der Waals surface area contributed by atoms with Crippen molar-refractivity contribution >= 4 is 41.1 Å². The van der Waals surface area contributed by atoms with Crippen molar-refractivity contribution in [1.29, 1.82) is 0 Å². The number of amides is 6. The van der Waals surface area contributed by atoms with Crippen LogP contribution in [-0.2, 0) is 25.7 Å². The highest BCUT2D eigenvalue weighted by atomic mass is 16.2. The summed E-state index contributed by atoms with van der Waals surface area (Å²) in [5, 5.41) is 12.9. The van der Waals surface area contributed by atoms with Gasteiger partial charge in [0, 0.05) is 17.8 Å². The van der Waals surface area contributed by atoms with Gasteiger partial charge in [-0.2, -0.15) is 0 Å². The zero-order chi connectivity index (χ0) is 31.6. The topological polar surface area (TPSA) is 189 Å². The third-order valence-electron chi connectivity index (χ3n) is 6.34. The van der Waals surface area contributed by atoms with E-state index >= 15 is 0 Å². The number of hydrogen-bond acceptors (Lipinski definition) is 6. The average molecular weight is 581 g/mol. The van der Waals surface area contributed by atoms with Crippen molar-refractivity contribution in [3.05, 3.63) is 65.7 Å². The Balaban J connectivity index is 2.00. The first kappa shape index (κ1) is 33.5. The third-order valence-corrected chi connectivity index (χ3v) is 6.34. The van der Waals surface area contributed by atoms with Crippen LogP contribution in [0.5, 0.6) is 0 Å². The highest BCUT2D eigenvalue weighted by molar-refractivity contribution is 6.38. The molecule has 0 saturated carbocycles. The van der Waals surface area contributed by atoms with Gasteiger partial charge >= 0.3 is 6.03 Å². The maximum absolute atomic E-state index is 13.2. The smallest absolute Gasteiger partial charge is 0.316 e. The Kier molecular flexibility index (Phi) is 11.8. The fourth-order valence-electron chi connectivity index (χ4n) is 3.91. The predicted molar refractivity (Wildman–Crippen MR) is 158 cm³/mol. The van der Waals surface area contributed by atoms with Gasteiger partial charge in [-0.3, -0.25) is 24.0 Å². The van der Waals surface area contributed by atoms with Gasteiger partial charge in [0.15, 0.2) is 0 Å². The molecule has 7 N–H and O–H groups in total. The van der Waals surface area contributed by atoms with Gasteiger partial charge in [-0.25, -0.2) is 4.79 Å². The highest BCUT2D eigenvalue weighted by Crippen LogP contribution is 2.20. The molecule has 3 unspecified atom stereocenters. The lowest BCUT2D eigenvalue weighted by molar-refractivity contribution is -0.141. The Morgan fingerprint density at radius 1 is 0.786 bits per heavy atom. The number of nitrogens with one attached hydrogen (secondary N) is 5. The summed E-state index contributed by atoms with van der Waals surface area (Å²) in [4.78, 5) is 75.4. The van der Waals surface area contributed by atoms with Crippen molar-refractivity contribution in [3.8, 4) is 0 Å². The molecule has 6 amide bonds. The lowest BCUT2D eigenvalue weighted by Crippen LogP contribution is -2.59. The van der Waals surface area contributed by atoms with E-state index in [0.717, 1.165) is 0 Å². The van der Waals surface area contributed by atoms with Gasteiger partial charge in [0.25, 0.3) is 11.8 Å². The van der Waals surface area contributed by atoms with Crippen molar-refractivity contribution in [1.82, 2.24) is 21.3 Å². The Bertz CT molecular complexity index is 1290. The maximum Gasteiger partial charge on any atom is 0.316 e. The first-order chi connectivity index (χ1) is 19.6. The van der Waals surface area contributed by atoms with Crippen LogP contribution in [0.15, 0.2) is 54.6 Å². The van der Waals surface area contributed by atoms with Crippen LogP contribution < -0.4 is 32.3 Å². The molecule has 0 saturated heterocycles. The Morgan fingerprint density at radius 3 is 1.90 bits per heavy atom. The van der Waals surface area contributed by atoms with Crippen molar-refractivity contribution in [2.45, 2.75) is 66.2 Å². The van der Waals surface area contributed by atoms with Crippen molar-refractivity contribution in [2.75, 3.05) is 5.32 Å². The average Bonchev–Trinajstić information content (AvgIpc) is 2.92. The van der Waals surface area contributed by atoms with Gasteiger partial charge < -0.3 is 32.3 Å². The Labute approximate surface area is 245 Å². The predicted octanol–water partition coefficient (Wildman–Crippen LogP) is 1.85. The minimum absolute atomic E-state index is 0.0372. The number of hydrogen-bond donors (Lipinski definition) is 6. The molecule has 0 aliphatic carbocycles. The van der Waals surface area contributed by atoms with Gasteiger partial charge in [0.2, 0.25) is 17.6 Å². The fraction of sp³-hybridized carbons (Fsp3) is 0.400. The van der Waals surface area contributed by atoms with Crippen LogP contribution in [0.25, 0.3) is 0 Å². The normalized spacial score (nSPS) is 13.2. The van der Waals surface area contributed by atoms with E-state index in [9.17, 15) is 28.8 Å². The number of Topliss-reactive ketones (excluding diaryl/α,β-unsaturated/α-hetero) is 1. The molecule has 12 nitrogen and oxygen atoms in total. The van der Waals surface area contributed by atoms with Crippen LogP contribution in [0.1, 0.15) is 57.5 Å². The monoisotopic (exact) mass is 580 g/mol. The molecule has 12 heteroatoms. The maximum atomic E-state index is 13.2. The fourth-order valence-corrected chi connectivity index (χ4v) is 3.91. The molecule has 0 radical (unpaired) electrons. The molecule has 0 bridgehead atoms. The summed E-state index contributed by atoms with van der Waals surface area (Å²) in [6, 6.07) is 11.1. The summed E-state index contributed by atoms with van der Waals surface area (Å²) in [6.07, 6.45) is 0. The van der Waals surface area contributed by atoms with Crippen molar-refractivity contribution in [3.63, 3.8) is 0 Å². The molecular formula is C30H40N6O6. The van der Waals surface area contributed by atoms with Crippen molar-refractivity contribution < 1.29 is 28.8 Å². The molecule has 0 aliphatic heterocycles. The van der Waals surface area contributed by atoms with E-state index in [1.807, 2.05) is 0 Å². The molecule has 2 aromatic rings. The number of urea groups is 1. The number of carbonyl (C=O) groups is 6. The summed E-state index contributed by atoms with van der Waals surface area (Å²) >= 11 is 0. The van der Waals surface area contributed by atoms with Gasteiger partial charge in [0.1, 0.15) is 12.1 Å². The van der Waals surface area contributed by atoms with E-state index in [1.54, 1.807) is 89.2 Å². The summed E-state index contributed by atoms with van der Waals surface area (Å²) in [5.74, 6) is -3.83. The van der Waals surface area contributed by atoms with Gasteiger partial charge in [-0.15, -0.1) is 0 Å². The molecule has 0 fully saturated rings. The molecule has 0 aromatic heterocycles. The summed E-state index contributed by atoms with van der Waals surface area (Å²) in [7, 11) is 0. The molecule has 0 spiro atoms. The summed E-state index contributed by atoms with van der Waals surface area (Å²) < 4.78 is 0. The molecule has 42 heavy (non-hydrogen) atoms. The van der Waals surface area contributed by atoms with E-state index in [-0.39, 0.29) is 6.54 Å². The quantitative estimate of drug-likeness (QED) is 0.208. The molecule has 2 rings (SSSR count). The van der Waals surface area contributed by atoms with E-state index in [1.165, 1.54) is 6.92 Å². The van der Waals surface area contributed by atoms with Crippen molar-refractivity contribution in [2.24, 2.45) is 17.1 Å². The van der Waals surface area contributed by atoms with Crippen LogP contribution >= 0.6 is 0 Å². The standard InChI is InChI=1S/C30H40N6O6/c1-17(2)22(23(37)27(40)32-16-19-12-14-21(15-13-19)34-29(31)42)35-25(38)18(3)33-28(41)24(30(4,5)6)36-26(39)20-10-8-7-9-11-20/h7-15,17-18,22,24H,16H2,1-6H3,(H,32,40)(H,33,41)(H,35,38)(H,36,39)(H3,31,34,42). The third kappa shape index (κ3) is 10.0. The van der Waals surface area contributed by atoms with Gasteiger partial charge in [0.05, 0.1) is 6.04 Å². The first-order valence-electron chi connectivity index (χ1n) is 13.5. The molecule has 0 heterocycles. The second kappa shape index (κ2) is 14.8. The summed E-state index contributed by atoms with van der Waals surface area (Å²) in [6.45, 7) is 10.2. The van der Waals surface area contributed by atoms with Crippen LogP contribution in [0, 0.1) is 11.3 Å². The van der Waals surface area contributed by atoms with Gasteiger partial charge in [-0.05, 0) is 48.1 Å². The molecule has 3 atom stereocenters. The Morgan fingerprint density at radius 2 is 1.38 bits per heavy atom. The number of primary amides is 1. The van der Waals surface area contributed by atoms with E-state index < -0.39 is 64.9 Å². The van der Waals surface area contributed by atoms with Gasteiger partial charge in [-0.1, -0.05) is 65.0 Å². The second-order valence-corrected chi connectivity index (χ2v) is 11.3. The first-order valence-corrected chi connectivity index (χ1v) is 13.5. The molecular weight excluding hydrogens is 540 g/mol. The Hall–Kier alpha value is -4.74. The largest absolute Gasteiger partial charge is 0.351 e. The van der Waals surface area contributed by atoms with E-state index in [4.69, 9.17) is 5.73 Å². The molecule has 2 aromatic carbocycles. The second-order valence-electron chi connectivity index (χ2n) is 11.3. The van der Waals surface area contributed by atoms with Crippen LogP contribution in [0.4, 0.5) is 10.5 Å². The molecule has 226 valence electrons. The lowest BCUT2D eigenvalue weighted by Gasteiger charge is -2.31. The zero-order valence-electron chi connectivity index (χ0n) is 24.7. The van der Waals surface area contributed by atoms with E-state index in [0.29, 0.717) is 16.8 Å². The number of nitrogens with two attached hydrogens (primary N) is 1. The summed E-state index contributed by atoms with van der Waals surface area (Å²) in [5.41, 5.74) is 5.93. The minimum atomic E-state index is -1.14. The van der Waals surface area contributed by atoms with Crippen LogP contribution in [-0.4, -0.2) is 53.6 Å². The zero-order valence-corrected chi connectivity index (χ0v) is 24.7. The number of anilines is 1. The van der Waals surface area contributed by atoms with Crippen LogP contribution in [0.3, 0.4) is 0 Å². The molecule has 0 aliphatic rings.